The Balaban J connectivity index is 1.64. The van der Waals surface area contributed by atoms with Gasteiger partial charge in [0.1, 0.15) is 5.69 Å². The number of halogens is 1. The third kappa shape index (κ3) is 4.77. The molecule has 0 bridgehead atoms. The first-order valence-electron chi connectivity index (χ1n) is 8.67. The number of hydrogen-bond donors (Lipinski definition) is 0. The van der Waals surface area contributed by atoms with E-state index >= 15 is 0 Å². The predicted octanol–water partition coefficient (Wildman–Crippen LogP) is 5.21. The van der Waals surface area contributed by atoms with Gasteiger partial charge in [0.05, 0.1) is 5.69 Å². The van der Waals surface area contributed by atoms with Crippen molar-refractivity contribution >= 4 is 29.3 Å². The van der Waals surface area contributed by atoms with Gasteiger partial charge in [-0.2, -0.15) is 0 Å². The Hall–Kier alpha value is -1.52. The highest BCUT2D eigenvalue weighted by Crippen LogP contribution is 2.27. The Bertz CT molecular complexity index is 757. The lowest BCUT2D eigenvalue weighted by atomic mass is 9.99. The summed E-state index contributed by atoms with van der Waals surface area (Å²) in [6, 6.07) is 11.8. The van der Waals surface area contributed by atoms with E-state index in [9.17, 15) is 4.79 Å². The number of likely N-dealkylation sites (tertiary alicyclic amines) is 1. The number of amides is 1. The highest BCUT2D eigenvalue weighted by molar-refractivity contribution is 7.98. The van der Waals surface area contributed by atoms with Crippen molar-refractivity contribution in [3.05, 3.63) is 58.4 Å². The molecule has 0 spiro atoms. The SMILES string of the molecule is Cc1ccc(SCc2cccc(C(=O)N3CCC(C)CC3)n2)cc1Cl. The molecular formula is C20H23ClN2OS. The van der Waals surface area contributed by atoms with Gasteiger partial charge in [0.15, 0.2) is 0 Å². The minimum Gasteiger partial charge on any atom is -0.337 e. The van der Waals surface area contributed by atoms with Crippen molar-refractivity contribution in [1.82, 2.24) is 9.88 Å². The van der Waals surface area contributed by atoms with Crippen molar-refractivity contribution < 1.29 is 4.79 Å². The van der Waals surface area contributed by atoms with E-state index in [-0.39, 0.29) is 5.91 Å². The lowest BCUT2D eigenvalue weighted by molar-refractivity contribution is 0.0691. The Labute approximate surface area is 158 Å². The van der Waals surface area contributed by atoms with Gasteiger partial charge in [0, 0.05) is 28.8 Å². The van der Waals surface area contributed by atoms with Crippen molar-refractivity contribution in [1.29, 1.82) is 0 Å². The van der Waals surface area contributed by atoms with Gasteiger partial charge in [-0.1, -0.05) is 30.7 Å². The second kappa shape index (κ2) is 8.24. The van der Waals surface area contributed by atoms with E-state index in [1.54, 1.807) is 11.8 Å². The minimum absolute atomic E-state index is 0.0529. The Morgan fingerprint density at radius 1 is 1.28 bits per heavy atom. The van der Waals surface area contributed by atoms with Crippen molar-refractivity contribution in [2.24, 2.45) is 5.92 Å². The van der Waals surface area contributed by atoms with Gasteiger partial charge >= 0.3 is 0 Å². The molecule has 2 aromatic rings. The normalized spacial score (nSPS) is 15.4. The summed E-state index contributed by atoms with van der Waals surface area (Å²) in [5, 5.41) is 0.779. The molecule has 0 atom stereocenters. The van der Waals surface area contributed by atoms with Gasteiger partial charge in [0.25, 0.3) is 5.91 Å². The van der Waals surface area contributed by atoms with Crippen LogP contribution in [0.4, 0.5) is 0 Å². The standard InChI is InChI=1S/C20H23ClN2OS/c1-14-8-10-23(11-9-14)20(24)19-5-3-4-16(22-19)13-25-17-7-6-15(2)18(21)12-17/h3-7,12,14H,8-11,13H2,1-2H3. The molecule has 25 heavy (non-hydrogen) atoms. The van der Waals surface area contributed by atoms with Gasteiger partial charge < -0.3 is 4.90 Å². The molecular weight excluding hydrogens is 352 g/mol. The molecule has 5 heteroatoms. The zero-order chi connectivity index (χ0) is 17.8. The number of carbonyl (C=O) groups excluding carboxylic acids is 1. The molecule has 2 heterocycles. The zero-order valence-electron chi connectivity index (χ0n) is 14.7. The number of thioether (sulfide) groups is 1. The molecule has 0 unspecified atom stereocenters. The summed E-state index contributed by atoms with van der Waals surface area (Å²) >= 11 is 7.86. The van der Waals surface area contributed by atoms with Crippen LogP contribution >= 0.6 is 23.4 Å². The molecule has 1 amide bonds. The number of rotatable bonds is 4. The van der Waals surface area contributed by atoms with Gasteiger partial charge in [0.2, 0.25) is 0 Å². The second-order valence-corrected chi connectivity index (χ2v) is 8.14. The third-order valence-corrected chi connectivity index (χ3v) is 6.06. The monoisotopic (exact) mass is 374 g/mol. The van der Waals surface area contributed by atoms with Gasteiger partial charge in [-0.15, -0.1) is 11.8 Å². The number of piperidine rings is 1. The molecule has 1 aliphatic heterocycles. The van der Waals surface area contributed by atoms with Crippen molar-refractivity contribution in [2.75, 3.05) is 13.1 Å². The summed E-state index contributed by atoms with van der Waals surface area (Å²) in [6.07, 6.45) is 2.16. The summed E-state index contributed by atoms with van der Waals surface area (Å²) in [4.78, 5) is 20.3. The first-order valence-corrected chi connectivity index (χ1v) is 10.0. The van der Waals surface area contributed by atoms with Crippen LogP contribution in [0, 0.1) is 12.8 Å². The quantitative estimate of drug-likeness (QED) is 0.689. The maximum atomic E-state index is 12.7. The number of aromatic nitrogens is 1. The average molecular weight is 375 g/mol. The molecule has 1 aliphatic rings. The molecule has 3 rings (SSSR count). The first-order chi connectivity index (χ1) is 12.0. The van der Waals surface area contributed by atoms with E-state index in [0.29, 0.717) is 11.6 Å². The maximum Gasteiger partial charge on any atom is 0.272 e. The van der Waals surface area contributed by atoms with Gasteiger partial charge in [-0.3, -0.25) is 4.79 Å². The third-order valence-electron chi connectivity index (χ3n) is 4.63. The van der Waals surface area contributed by atoms with Crippen molar-refractivity contribution in [3.8, 4) is 0 Å². The fraction of sp³-hybridized carbons (Fsp3) is 0.400. The first kappa shape index (κ1) is 18.3. The highest BCUT2D eigenvalue weighted by atomic mass is 35.5. The van der Waals surface area contributed by atoms with Crippen LogP contribution in [0.3, 0.4) is 0 Å². The molecule has 1 aromatic carbocycles. The summed E-state index contributed by atoms with van der Waals surface area (Å²) in [5.74, 6) is 1.48. The lowest BCUT2D eigenvalue weighted by Gasteiger charge is -2.30. The van der Waals surface area contributed by atoms with E-state index in [4.69, 9.17) is 11.6 Å². The summed E-state index contributed by atoms with van der Waals surface area (Å²) in [7, 11) is 0. The molecule has 1 aromatic heterocycles. The molecule has 0 saturated carbocycles. The second-order valence-electron chi connectivity index (χ2n) is 6.69. The number of nitrogens with zero attached hydrogens (tertiary/aromatic N) is 2. The van der Waals surface area contributed by atoms with Crippen LogP contribution < -0.4 is 0 Å². The zero-order valence-corrected chi connectivity index (χ0v) is 16.2. The van der Waals surface area contributed by atoms with Crippen LogP contribution in [-0.2, 0) is 5.75 Å². The van der Waals surface area contributed by atoms with E-state index in [1.807, 2.05) is 42.2 Å². The van der Waals surface area contributed by atoms with E-state index < -0.39 is 0 Å². The Morgan fingerprint density at radius 2 is 2.04 bits per heavy atom. The lowest BCUT2D eigenvalue weighted by Crippen LogP contribution is -2.38. The van der Waals surface area contributed by atoms with Crippen LogP contribution in [0.15, 0.2) is 41.3 Å². The number of pyridine rings is 1. The van der Waals surface area contributed by atoms with E-state index in [2.05, 4.69) is 18.0 Å². The van der Waals surface area contributed by atoms with Gasteiger partial charge in [-0.05, 0) is 55.5 Å². The molecule has 0 N–H and O–H groups in total. The van der Waals surface area contributed by atoms with Crippen LogP contribution in [0.5, 0.6) is 0 Å². The van der Waals surface area contributed by atoms with Crippen LogP contribution in [0.2, 0.25) is 5.02 Å². The molecule has 0 radical (unpaired) electrons. The van der Waals surface area contributed by atoms with Crippen molar-refractivity contribution in [2.45, 2.75) is 37.3 Å². The van der Waals surface area contributed by atoms with Crippen LogP contribution in [0.25, 0.3) is 0 Å². The summed E-state index contributed by atoms with van der Waals surface area (Å²) in [5.41, 5.74) is 2.54. The number of carbonyl (C=O) groups is 1. The number of hydrogen-bond acceptors (Lipinski definition) is 3. The van der Waals surface area contributed by atoms with E-state index in [0.717, 1.165) is 52.9 Å². The summed E-state index contributed by atoms with van der Waals surface area (Å²) < 4.78 is 0. The molecule has 3 nitrogen and oxygen atoms in total. The maximum absolute atomic E-state index is 12.7. The largest absolute Gasteiger partial charge is 0.337 e. The Morgan fingerprint density at radius 3 is 2.76 bits per heavy atom. The predicted molar refractivity (Wildman–Crippen MR) is 104 cm³/mol. The molecule has 0 aliphatic carbocycles. The molecule has 132 valence electrons. The van der Waals surface area contributed by atoms with Gasteiger partial charge in [-0.25, -0.2) is 4.98 Å². The fourth-order valence-corrected chi connectivity index (χ4v) is 3.96. The smallest absolute Gasteiger partial charge is 0.272 e. The molecule has 1 saturated heterocycles. The number of benzene rings is 1. The van der Waals surface area contributed by atoms with E-state index in [1.165, 1.54) is 0 Å². The molecule has 1 fully saturated rings. The summed E-state index contributed by atoms with van der Waals surface area (Å²) in [6.45, 7) is 5.91. The highest BCUT2D eigenvalue weighted by Gasteiger charge is 2.22. The topological polar surface area (TPSA) is 33.2 Å². The Kier molecular flexibility index (Phi) is 6.02. The fourth-order valence-electron chi connectivity index (χ4n) is 2.87. The number of aryl methyl sites for hydroxylation is 1. The van der Waals surface area contributed by atoms with Crippen LogP contribution in [-0.4, -0.2) is 28.9 Å². The van der Waals surface area contributed by atoms with Crippen LogP contribution in [0.1, 0.15) is 41.5 Å². The minimum atomic E-state index is 0.0529. The van der Waals surface area contributed by atoms with Crippen molar-refractivity contribution in [3.63, 3.8) is 0 Å². The average Bonchev–Trinajstić information content (AvgIpc) is 2.63.